The second kappa shape index (κ2) is 13.4. The fourth-order valence-corrected chi connectivity index (χ4v) is 3.56. The van der Waals surface area contributed by atoms with Crippen molar-refractivity contribution in [3.63, 3.8) is 0 Å². The van der Waals surface area contributed by atoms with Crippen molar-refractivity contribution < 1.29 is 47.2 Å². The molecule has 0 saturated heterocycles. The van der Waals surface area contributed by atoms with Gasteiger partial charge in [0.05, 0.1) is 40.0 Å². The predicted molar refractivity (Wildman–Crippen MR) is 106 cm³/mol. The van der Waals surface area contributed by atoms with Crippen LogP contribution in [0.4, 0.5) is 0 Å². The monoisotopic (exact) mass is 432 g/mol. The second-order valence-corrected chi connectivity index (χ2v) is 9.98. The van der Waals surface area contributed by atoms with Crippen molar-refractivity contribution in [1.29, 1.82) is 0 Å². The topological polar surface area (TPSA) is 152 Å². The average Bonchev–Trinajstić information content (AvgIpc) is 2.40. The zero-order valence-electron chi connectivity index (χ0n) is 17.8. The molecule has 0 bridgehead atoms. The summed E-state index contributed by atoms with van der Waals surface area (Å²) in [5.41, 5.74) is 0. The highest BCUT2D eigenvalue weighted by atomic mass is 32.2. The summed E-state index contributed by atoms with van der Waals surface area (Å²) in [5.74, 6) is -1.09. The Morgan fingerprint density at radius 1 is 0.964 bits per heavy atom. The van der Waals surface area contributed by atoms with Gasteiger partial charge < -0.3 is 29.4 Å². The molecule has 0 aliphatic rings. The number of carboxylic acid groups (broad SMARTS) is 1. The molecule has 0 aliphatic carbocycles. The van der Waals surface area contributed by atoms with Gasteiger partial charge in [-0.3, -0.25) is 4.55 Å². The van der Waals surface area contributed by atoms with E-state index < -0.39 is 28.3 Å². The minimum Gasteiger partial charge on any atom is -0.477 e. The predicted octanol–water partition coefficient (Wildman–Crippen LogP) is -0.998. The van der Waals surface area contributed by atoms with Crippen LogP contribution >= 0.6 is 0 Å². The number of quaternary nitrogens is 2. The molecule has 10 nitrogen and oxygen atoms in total. The zero-order chi connectivity index (χ0) is 22.6. The van der Waals surface area contributed by atoms with Crippen LogP contribution in [0.1, 0.15) is 26.7 Å². The van der Waals surface area contributed by atoms with E-state index in [0.717, 1.165) is 0 Å². The van der Waals surface area contributed by atoms with Crippen LogP contribution in [0.3, 0.4) is 0 Å². The van der Waals surface area contributed by atoms with Gasteiger partial charge in [-0.1, -0.05) is 0 Å². The highest BCUT2D eigenvalue weighted by Crippen LogP contribution is 2.14. The molecular weight excluding hydrogens is 392 g/mol. The number of carbonyl (C=O) groups is 1. The molecular formula is C17H40N2O8S+2. The second-order valence-electron chi connectivity index (χ2n) is 8.41. The summed E-state index contributed by atoms with van der Waals surface area (Å²) >= 11 is 0. The van der Waals surface area contributed by atoms with Gasteiger partial charge in [0, 0.05) is 19.4 Å². The number of hydrogen-bond donors (Lipinski definition) is 5. The van der Waals surface area contributed by atoms with Gasteiger partial charge in [-0.05, 0) is 13.8 Å². The quantitative estimate of drug-likeness (QED) is 0.184. The minimum atomic E-state index is -4.01. The van der Waals surface area contributed by atoms with E-state index in [-0.39, 0.29) is 25.3 Å². The van der Waals surface area contributed by atoms with Gasteiger partial charge in [0.15, 0.2) is 6.54 Å². The van der Waals surface area contributed by atoms with Crippen LogP contribution in [0.25, 0.3) is 0 Å². The highest BCUT2D eigenvalue weighted by Gasteiger charge is 2.30. The van der Waals surface area contributed by atoms with Gasteiger partial charge in [-0.25, -0.2) is 4.79 Å². The summed E-state index contributed by atoms with van der Waals surface area (Å²) in [6, 6.07) is 0. The Morgan fingerprint density at radius 3 is 1.64 bits per heavy atom. The van der Waals surface area contributed by atoms with Gasteiger partial charge in [0.25, 0.3) is 10.1 Å². The first-order valence-corrected chi connectivity index (χ1v) is 10.9. The molecule has 28 heavy (non-hydrogen) atoms. The summed E-state index contributed by atoms with van der Waals surface area (Å²) in [5, 5.41) is 36.5. The molecule has 170 valence electrons. The highest BCUT2D eigenvalue weighted by molar-refractivity contribution is 7.85. The van der Waals surface area contributed by atoms with Gasteiger partial charge in [0.2, 0.25) is 0 Å². The van der Waals surface area contributed by atoms with Crippen LogP contribution in [-0.2, 0) is 14.9 Å². The summed E-state index contributed by atoms with van der Waals surface area (Å²) in [4.78, 5) is 10.00. The van der Waals surface area contributed by atoms with Crippen molar-refractivity contribution in [3.05, 3.63) is 0 Å². The van der Waals surface area contributed by atoms with Crippen LogP contribution < -0.4 is 0 Å². The molecule has 11 heteroatoms. The maximum Gasteiger partial charge on any atom is 0.359 e. The van der Waals surface area contributed by atoms with E-state index in [2.05, 4.69) is 0 Å². The number of aliphatic carboxylic acids is 1. The van der Waals surface area contributed by atoms with Crippen molar-refractivity contribution in [2.45, 2.75) is 38.9 Å². The van der Waals surface area contributed by atoms with Crippen molar-refractivity contribution in [2.24, 2.45) is 0 Å². The largest absolute Gasteiger partial charge is 0.477 e. The van der Waals surface area contributed by atoms with E-state index in [1.807, 2.05) is 21.1 Å². The Balaban J connectivity index is 0. The van der Waals surface area contributed by atoms with E-state index in [9.17, 15) is 23.4 Å². The third-order valence-corrected chi connectivity index (χ3v) is 4.54. The van der Waals surface area contributed by atoms with Crippen LogP contribution in [0.5, 0.6) is 0 Å². The lowest BCUT2D eigenvalue weighted by Gasteiger charge is -2.40. The van der Waals surface area contributed by atoms with Crippen LogP contribution in [0.2, 0.25) is 0 Å². The Morgan fingerprint density at radius 2 is 1.39 bits per heavy atom. The molecule has 0 heterocycles. The summed E-state index contributed by atoms with van der Waals surface area (Å²) in [7, 11) is 1.52. The summed E-state index contributed by atoms with van der Waals surface area (Å²) in [6.45, 7) is 5.14. The smallest absolute Gasteiger partial charge is 0.359 e. The third kappa shape index (κ3) is 19.9. The van der Waals surface area contributed by atoms with Crippen molar-refractivity contribution >= 4 is 16.1 Å². The van der Waals surface area contributed by atoms with Crippen LogP contribution in [0.15, 0.2) is 0 Å². The van der Waals surface area contributed by atoms with E-state index in [4.69, 9.17) is 14.8 Å². The van der Waals surface area contributed by atoms with Gasteiger partial charge in [-0.2, -0.15) is 8.42 Å². The Bertz CT molecular complexity index is 520. The number of likely N-dealkylation sites (N-methyl/N-ethyl adjacent to an activating group) is 1. The number of aliphatic hydroxyl groups excluding tert-OH is 3. The molecule has 0 amide bonds. The molecule has 0 saturated carbocycles. The van der Waals surface area contributed by atoms with Gasteiger partial charge in [0.1, 0.15) is 25.3 Å². The van der Waals surface area contributed by atoms with Gasteiger partial charge in [-0.15, -0.1) is 0 Å². The molecule has 2 unspecified atom stereocenters. The lowest BCUT2D eigenvalue weighted by Crippen LogP contribution is -2.56. The average molecular weight is 433 g/mol. The summed E-state index contributed by atoms with van der Waals surface area (Å²) < 4.78 is 31.2. The molecule has 0 radical (unpaired) electrons. The molecule has 0 aromatic rings. The SMILES string of the molecule is CC(O)C[N+](CCCO)(CCCS(=O)(=O)O)CC(C)O.C[N+](C)(C)CC(=O)O. The first-order valence-electron chi connectivity index (χ1n) is 9.31. The van der Waals surface area contributed by atoms with E-state index in [1.54, 1.807) is 13.8 Å². The van der Waals surface area contributed by atoms with Crippen molar-refractivity contribution in [1.82, 2.24) is 0 Å². The maximum atomic E-state index is 10.8. The zero-order valence-corrected chi connectivity index (χ0v) is 18.6. The van der Waals surface area contributed by atoms with Crippen molar-refractivity contribution in [3.8, 4) is 0 Å². The molecule has 0 rings (SSSR count). The first-order chi connectivity index (χ1) is 12.5. The fourth-order valence-electron chi connectivity index (χ4n) is 3.07. The Kier molecular flexibility index (Phi) is 14.1. The Labute approximate surface area is 168 Å². The number of aliphatic hydroxyl groups is 3. The van der Waals surface area contributed by atoms with Crippen LogP contribution in [0, 0.1) is 0 Å². The standard InChI is InChI=1S/C12H27NO6S.C5H11NO2/c1-11(15)9-13(5-3-7-14,10-12(2)16)6-4-8-20(17,18)19;1-6(2,3)4-5(7)8/h11-12,14-16H,3-10H2,1-2H3;4H2,1-3H3/p+2. The molecule has 0 aromatic carbocycles. The molecule has 5 N–H and O–H groups in total. The summed E-state index contributed by atoms with van der Waals surface area (Å²) in [6.07, 6.45) is -0.453. The third-order valence-electron chi connectivity index (χ3n) is 3.74. The lowest BCUT2D eigenvalue weighted by molar-refractivity contribution is -0.933. The number of rotatable bonds is 13. The van der Waals surface area contributed by atoms with E-state index >= 15 is 0 Å². The number of carboxylic acids is 1. The normalized spacial score (nSPS) is 16.5. The first kappa shape index (κ1) is 29.4. The van der Waals surface area contributed by atoms with Crippen molar-refractivity contribution in [2.75, 3.05) is 66.2 Å². The minimum absolute atomic E-state index is 0.00207. The fraction of sp³-hybridized carbons (Fsp3) is 0.941. The van der Waals surface area contributed by atoms with Gasteiger partial charge >= 0.3 is 5.97 Å². The number of nitrogens with zero attached hydrogens (tertiary/aromatic N) is 2. The van der Waals surface area contributed by atoms with Crippen LogP contribution in [-0.4, -0.2) is 127 Å². The lowest BCUT2D eigenvalue weighted by atomic mass is 10.2. The molecule has 2 atom stereocenters. The molecule has 0 spiro atoms. The Hall–Kier alpha value is -0.820. The molecule has 0 aromatic heterocycles. The van der Waals surface area contributed by atoms with E-state index in [1.165, 1.54) is 0 Å². The molecule has 0 aliphatic heterocycles. The number of hydrogen-bond acceptors (Lipinski definition) is 6. The molecule has 0 fully saturated rings. The maximum absolute atomic E-state index is 10.8. The van der Waals surface area contributed by atoms with E-state index in [0.29, 0.717) is 41.6 Å².